The highest BCUT2D eigenvalue weighted by molar-refractivity contribution is 8.13. The van der Waals surface area contributed by atoms with Crippen LogP contribution in [0.15, 0.2) is 96.5 Å². The first-order valence-electron chi connectivity index (χ1n) is 13.5. The molecule has 0 fully saturated rings. The van der Waals surface area contributed by atoms with E-state index in [2.05, 4.69) is 19.7 Å². The van der Waals surface area contributed by atoms with E-state index in [1.165, 1.54) is 18.2 Å². The van der Waals surface area contributed by atoms with E-state index in [1.54, 1.807) is 20.8 Å². The largest absolute Gasteiger partial charge is 0.506 e. The number of nitro benzene ring substituents is 1. The molecule has 0 spiro atoms. The van der Waals surface area contributed by atoms with E-state index in [4.69, 9.17) is 10.7 Å². The summed E-state index contributed by atoms with van der Waals surface area (Å²) in [6.07, 6.45) is 0. The minimum absolute atomic E-state index is 0.219. The van der Waals surface area contributed by atoms with Gasteiger partial charge in [0.15, 0.2) is 0 Å². The highest BCUT2D eigenvalue weighted by Gasteiger charge is 2.29. The van der Waals surface area contributed by atoms with E-state index < -0.39 is 92.0 Å². The van der Waals surface area contributed by atoms with Gasteiger partial charge in [0, 0.05) is 39.1 Å². The molecule has 0 aliphatic carbocycles. The van der Waals surface area contributed by atoms with Gasteiger partial charge >= 0.3 is 0 Å². The van der Waals surface area contributed by atoms with Crippen LogP contribution in [0.5, 0.6) is 5.75 Å². The molecular formula is C27H27ClN6O11S4. The second-order valence-electron chi connectivity index (χ2n) is 11.2. The van der Waals surface area contributed by atoms with Gasteiger partial charge in [-0.15, -0.1) is 10.2 Å². The molecule has 4 N–H and O–H groups in total. The minimum Gasteiger partial charge on any atom is -0.506 e. The lowest BCUT2D eigenvalue weighted by Gasteiger charge is -2.22. The molecule has 262 valence electrons. The van der Waals surface area contributed by atoms with E-state index in [1.807, 2.05) is 4.72 Å². The Balaban J connectivity index is 2.03. The number of hydrogen-bond acceptors (Lipinski definition) is 13. The van der Waals surface area contributed by atoms with Gasteiger partial charge in [-0.2, -0.15) is 0 Å². The van der Waals surface area contributed by atoms with E-state index >= 15 is 0 Å². The smallest absolute Gasteiger partial charge is 0.270 e. The Labute approximate surface area is 285 Å². The van der Waals surface area contributed by atoms with Gasteiger partial charge in [0.25, 0.3) is 24.8 Å². The maximum absolute atomic E-state index is 13.5. The first-order valence-corrected chi connectivity index (χ1v) is 20.3. The normalized spacial score (nSPS) is 13.2. The first-order chi connectivity index (χ1) is 22.5. The van der Waals surface area contributed by atoms with Crippen LogP contribution in [0, 0.1) is 10.1 Å². The number of aromatic hydroxyl groups is 1. The highest BCUT2D eigenvalue weighted by atomic mass is 35.7. The summed E-state index contributed by atoms with van der Waals surface area (Å²) in [5.41, 5.74) is -2.73. The molecule has 0 aliphatic heterocycles. The number of halogens is 1. The number of phenolic OH excluding ortho intramolecular Hbond substituents is 1. The Hall–Kier alpha value is -4.25. The molecule has 22 heteroatoms. The summed E-state index contributed by atoms with van der Waals surface area (Å²) < 4.78 is 110. The quantitative estimate of drug-likeness (QED) is 0.0709. The molecular weight excluding hydrogens is 748 g/mol. The summed E-state index contributed by atoms with van der Waals surface area (Å²) in [6.45, 7) is 4.62. The second-order valence-corrected chi connectivity index (χ2v) is 18.9. The van der Waals surface area contributed by atoms with E-state index in [0.29, 0.717) is 0 Å². The fourth-order valence-electron chi connectivity index (χ4n) is 4.38. The number of non-ortho nitro benzene ring substituents is 1. The molecule has 0 atom stereocenters. The lowest BCUT2D eigenvalue weighted by atomic mass is 10.1. The maximum Gasteiger partial charge on any atom is 0.270 e. The van der Waals surface area contributed by atoms with Crippen LogP contribution < -0.4 is 14.2 Å². The number of anilines is 1. The van der Waals surface area contributed by atoms with E-state index in [0.717, 1.165) is 55.6 Å². The number of fused-ring (bicyclic) bond motifs is 1. The Morgan fingerprint density at radius 2 is 1.39 bits per heavy atom. The molecule has 0 saturated heterocycles. The van der Waals surface area contributed by atoms with Crippen molar-refractivity contribution in [3.05, 3.63) is 76.8 Å². The number of nitro groups is 1. The van der Waals surface area contributed by atoms with Crippen LogP contribution in [0.25, 0.3) is 10.8 Å². The zero-order valence-electron chi connectivity index (χ0n) is 25.7. The Morgan fingerprint density at radius 1 is 0.776 bits per heavy atom. The van der Waals surface area contributed by atoms with E-state index in [9.17, 15) is 48.9 Å². The zero-order valence-corrected chi connectivity index (χ0v) is 29.8. The molecule has 0 saturated carbocycles. The number of rotatable bonds is 11. The topological polar surface area (TPSA) is 261 Å². The van der Waals surface area contributed by atoms with Gasteiger partial charge in [-0.25, -0.2) is 43.1 Å². The van der Waals surface area contributed by atoms with Crippen LogP contribution in [-0.2, 0) is 39.1 Å². The van der Waals surface area contributed by atoms with Crippen molar-refractivity contribution in [2.75, 3.05) is 11.8 Å². The van der Waals surface area contributed by atoms with Crippen LogP contribution in [0.2, 0.25) is 0 Å². The van der Waals surface area contributed by atoms with Crippen molar-refractivity contribution in [1.29, 1.82) is 0 Å². The molecule has 4 aromatic rings. The highest BCUT2D eigenvalue weighted by Crippen LogP contribution is 2.44. The molecule has 4 aromatic carbocycles. The third kappa shape index (κ3) is 8.32. The fraction of sp³-hybridized carbons (Fsp3) is 0.185. The van der Waals surface area contributed by atoms with Gasteiger partial charge in [-0.05, 0) is 64.2 Å². The molecule has 0 heterocycles. The number of sulfonamides is 3. The zero-order chi connectivity index (χ0) is 36.7. The van der Waals surface area contributed by atoms with Gasteiger partial charge in [0.1, 0.15) is 21.2 Å². The number of nitrogens with one attached hydrogen (secondary N) is 3. The summed E-state index contributed by atoms with van der Waals surface area (Å²) in [4.78, 5) is 8.11. The predicted octanol–water partition coefficient (Wildman–Crippen LogP) is 4.58. The Bertz CT molecular complexity index is 2480. The van der Waals surface area contributed by atoms with Crippen molar-refractivity contribution in [1.82, 2.24) is 9.44 Å². The van der Waals surface area contributed by atoms with Crippen LogP contribution in [0.3, 0.4) is 0 Å². The SMILES string of the molecule is CNS(=O)(=O)c1cc([N+](=O)[O-])ccc1/N=N/c1cc(S(=O)(=O)NC(C)(C)C)c(O)c2cccc(NS(=O)(=O)c3cccc(S(=O)(=O)Cl)c3)c12. The number of azo groups is 1. The molecule has 0 radical (unpaired) electrons. The van der Waals surface area contributed by atoms with Gasteiger partial charge < -0.3 is 5.11 Å². The van der Waals surface area contributed by atoms with Crippen molar-refractivity contribution in [3.63, 3.8) is 0 Å². The number of nitrogens with zero attached hydrogens (tertiary/aromatic N) is 3. The summed E-state index contributed by atoms with van der Waals surface area (Å²) >= 11 is 0. The van der Waals surface area contributed by atoms with Gasteiger partial charge in [-0.1, -0.05) is 18.2 Å². The average Bonchev–Trinajstić information content (AvgIpc) is 2.99. The average molecular weight is 775 g/mol. The van der Waals surface area contributed by atoms with Gasteiger partial charge in [0.2, 0.25) is 20.0 Å². The van der Waals surface area contributed by atoms with Crippen molar-refractivity contribution in [3.8, 4) is 5.75 Å². The van der Waals surface area contributed by atoms with Gasteiger partial charge in [0.05, 0.1) is 26.1 Å². The van der Waals surface area contributed by atoms with Crippen molar-refractivity contribution < 1.29 is 43.7 Å². The molecule has 4 rings (SSSR count). The minimum atomic E-state index is -4.60. The maximum atomic E-state index is 13.5. The molecule has 0 amide bonds. The van der Waals surface area contributed by atoms with Gasteiger partial charge in [-0.3, -0.25) is 14.8 Å². The third-order valence-electron chi connectivity index (χ3n) is 6.43. The summed E-state index contributed by atoms with van der Waals surface area (Å²) in [5.74, 6) is -0.809. The van der Waals surface area contributed by atoms with Crippen LogP contribution in [0.4, 0.5) is 22.7 Å². The van der Waals surface area contributed by atoms with Crippen LogP contribution >= 0.6 is 10.7 Å². The fourth-order valence-corrected chi connectivity index (χ4v) is 8.79. The molecule has 0 unspecified atom stereocenters. The third-order valence-corrected chi connectivity index (χ3v) is 12.4. The number of hydrogen-bond donors (Lipinski definition) is 4. The first kappa shape index (κ1) is 37.6. The van der Waals surface area contributed by atoms with Crippen LogP contribution in [0.1, 0.15) is 20.8 Å². The second kappa shape index (κ2) is 13.2. The molecule has 49 heavy (non-hydrogen) atoms. The summed E-state index contributed by atoms with van der Waals surface area (Å²) in [6, 6.07) is 11.4. The number of benzene rings is 4. The summed E-state index contributed by atoms with van der Waals surface area (Å²) in [7, 11) is -11.3. The van der Waals surface area contributed by atoms with Crippen molar-refractivity contribution in [2.24, 2.45) is 10.2 Å². The molecule has 0 bridgehead atoms. The number of phenols is 1. The van der Waals surface area contributed by atoms with E-state index in [-0.39, 0.29) is 16.5 Å². The van der Waals surface area contributed by atoms with Crippen LogP contribution in [-0.4, -0.2) is 56.3 Å². The lowest BCUT2D eigenvalue weighted by Crippen LogP contribution is -2.40. The van der Waals surface area contributed by atoms with Crippen molar-refractivity contribution >= 4 is 83.3 Å². The molecule has 0 aromatic heterocycles. The molecule has 0 aliphatic rings. The Morgan fingerprint density at radius 3 is 1.98 bits per heavy atom. The standard InChI is InChI=1S/C27H27ClN6O11S4/c1-27(2,3)33-49(44,45)24-15-22(31-30-20-12-11-16(34(36)37)13-23(20)48(42,43)29-4)25-19(26(24)35)9-6-10-21(25)32-47(40,41)18-8-5-7-17(14-18)46(28,38)39/h5-15,29,32-33,35H,1-4H3/b31-30+. The molecule has 17 nitrogen and oxygen atoms in total. The monoisotopic (exact) mass is 774 g/mol. The predicted molar refractivity (Wildman–Crippen MR) is 179 cm³/mol. The Kier molecular flexibility index (Phi) is 10.1. The summed E-state index contributed by atoms with van der Waals surface area (Å²) in [5, 5.41) is 30.1. The van der Waals surface area contributed by atoms with Crippen molar-refractivity contribution in [2.45, 2.75) is 45.9 Å². The lowest BCUT2D eigenvalue weighted by molar-refractivity contribution is -0.385.